The SMILES string of the molecule is CNc1ccccc1S(=O)(=O)Nc1cc(F)cc(F)c1F. The lowest BCUT2D eigenvalue weighted by Crippen LogP contribution is -2.16. The third-order valence-electron chi connectivity index (χ3n) is 2.68. The molecule has 0 saturated carbocycles. The van der Waals surface area contributed by atoms with Crippen molar-refractivity contribution >= 4 is 21.4 Å². The second-order valence-corrected chi connectivity index (χ2v) is 5.75. The quantitative estimate of drug-likeness (QED) is 0.853. The van der Waals surface area contributed by atoms with Gasteiger partial charge in [-0.2, -0.15) is 0 Å². The zero-order valence-corrected chi connectivity index (χ0v) is 11.6. The van der Waals surface area contributed by atoms with E-state index in [0.29, 0.717) is 12.1 Å². The molecule has 0 unspecified atom stereocenters. The zero-order valence-electron chi connectivity index (χ0n) is 10.8. The Balaban J connectivity index is 2.47. The highest BCUT2D eigenvalue weighted by Gasteiger charge is 2.21. The average molecular weight is 316 g/mol. The largest absolute Gasteiger partial charge is 0.387 e. The van der Waals surface area contributed by atoms with Crippen LogP contribution < -0.4 is 10.0 Å². The lowest BCUT2D eigenvalue weighted by Gasteiger charge is -2.12. The average Bonchev–Trinajstić information content (AvgIpc) is 2.44. The molecule has 0 amide bonds. The monoisotopic (exact) mass is 316 g/mol. The summed E-state index contributed by atoms with van der Waals surface area (Å²) in [6.07, 6.45) is 0. The summed E-state index contributed by atoms with van der Waals surface area (Å²) in [4.78, 5) is -0.170. The molecular weight excluding hydrogens is 305 g/mol. The van der Waals surface area contributed by atoms with Crippen molar-refractivity contribution in [2.45, 2.75) is 4.90 Å². The highest BCUT2D eigenvalue weighted by atomic mass is 32.2. The van der Waals surface area contributed by atoms with Crippen LogP contribution in [-0.4, -0.2) is 15.5 Å². The van der Waals surface area contributed by atoms with Gasteiger partial charge in [-0.05, 0) is 12.1 Å². The van der Waals surface area contributed by atoms with Gasteiger partial charge in [-0.25, -0.2) is 21.6 Å². The van der Waals surface area contributed by atoms with Gasteiger partial charge in [0.1, 0.15) is 10.7 Å². The van der Waals surface area contributed by atoms with E-state index in [9.17, 15) is 21.6 Å². The Morgan fingerprint density at radius 2 is 1.67 bits per heavy atom. The van der Waals surface area contributed by atoms with Gasteiger partial charge in [-0.1, -0.05) is 12.1 Å². The fraction of sp³-hybridized carbons (Fsp3) is 0.0769. The van der Waals surface area contributed by atoms with Crippen LogP contribution in [0.25, 0.3) is 0 Å². The summed E-state index contributed by atoms with van der Waals surface area (Å²) in [5.74, 6) is -4.04. The molecule has 4 nitrogen and oxygen atoms in total. The van der Waals surface area contributed by atoms with Gasteiger partial charge in [-0.3, -0.25) is 4.72 Å². The molecule has 0 aliphatic rings. The van der Waals surface area contributed by atoms with Crippen molar-refractivity contribution < 1.29 is 21.6 Å². The molecule has 0 aliphatic heterocycles. The van der Waals surface area contributed by atoms with Gasteiger partial charge < -0.3 is 5.32 Å². The van der Waals surface area contributed by atoms with Crippen LogP contribution in [0.5, 0.6) is 0 Å². The topological polar surface area (TPSA) is 58.2 Å². The Hall–Kier alpha value is -2.22. The summed E-state index contributed by atoms with van der Waals surface area (Å²) in [7, 11) is -2.69. The maximum atomic E-state index is 13.5. The lowest BCUT2D eigenvalue weighted by atomic mass is 10.3. The lowest BCUT2D eigenvalue weighted by molar-refractivity contribution is 0.498. The van der Waals surface area contributed by atoms with E-state index >= 15 is 0 Å². The van der Waals surface area contributed by atoms with E-state index in [2.05, 4.69) is 5.32 Å². The molecule has 0 atom stereocenters. The van der Waals surface area contributed by atoms with Crippen molar-refractivity contribution in [3.8, 4) is 0 Å². The number of rotatable bonds is 4. The first-order valence-corrected chi connectivity index (χ1v) is 7.27. The number of halogens is 3. The van der Waals surface area contributed by atoms with Crippen LogP contribution in [0.15, 0.2) is 41.3 Å². The number of para-hydroxylation sites is 1. The molecule has 0 bridgehead atoms. The Morgan fingerprint density at radius 1 is 1.00 bits per heavy atom. The van der Waals surface area contributed by atoms with Crippen molar-refractivity contribution in [2.75, 3.05) is 17.1 Å². The predicted molar refractivity (Wildman–Crippen MR) is 73.1 cm³/mol. The van der Waals surface area contributed by atoms with Crippen molar-refractivity contribution in [1.82, 2.24) is 0 Å². The number of hydrogen-bond acceptors (Lipinski definition) is 3. The van der Waals surface area contributed by atoms with Gasteiger partial charge in [0, 0.05) is 19.2 Å². The molecule has 2 rings (SSSR count). The van der Waals surface area contributed by atoms with E-state index < -0.39 is 33.2 Å². The summed E-state index contributed by atoms with van der Waals surface area (Å²) < 4.78 is 65.9. The van der Waals surface area contributed by atoms with Gasteiger partial charge in [0.2, 0.25) is 0 Å². The third kappa shape index (κ3) is 3.10. The third-order valence-corrected chi connectivity index (χ3v) is 4.11. The molecule has 112 valence electrons. The molecule has 0 spiro atoms. The first-order chi connectivity index (χ1) is 9.85. The summed E-state index contributed by atoms with van der Waals surface area (Å²) >= 11 is 0. The summed E-state index contributed by atoms with van der Waals surface area (Å²) in [5, 5.41) is 2.66. The molecule has 0 saturated heterocycles. The number of sulfonamides is 1. The first kappa shape index (κ1) is 15.2. The molecule has 0 aliphatic carbocycles. The molecule has 2 aromatic rings. The fourth-order valence-electron chi connectivity index (χ4n) is 1.74. The smallest absolute Gasteiger partial charge is 0.264 e. The second-order valence-electron chi connectivity index (χ2n) is 4.10. The Kier molecular flexibility index (Phi) is 4.08. The Bertz CT molecular complexity index is 779. The van der Waals surface area contributed by atoms with E-state index in [-0.39, 0.29) is 10.6 Å². The molecule has 0 radical (unpaired) electrons. The maximum Gasteiger partial charge on any atom is 0.264 e. The maximum absolute atomic E-state index is 13.5. The summed E-state index contributed by atoms with van der Waals surface area (Å²) in [6.45, 7) is 0. The molecule has 0 heterocycles. The van der Waals surface area contributed by atoms with Crippen molar-refractivity contribution in [1.29, 1.82) is 0 Å². The predicted octanol–water partition coefficient (Wildman–Crippen LogP) is 2.95. The van der Waals surface area contributed by atoms with Crippen molar-refractivity contribution in [2.24, 2.45) is 0 Å². The molecular formula is C13H11F3N2O2S. The summed E-state index contributed by atoms with van der Waals surface area (Å²) in [6, 6.07) is 6.75. The van der Waals surface area contributed by atoms with Crippen LogP contribution >= 0.6 is 0 Å². The summed E-state index contributed by atoms with van der Waals surface area (Å²) in [5.41, 5.74) is -0.527. The standard InChI is InChI=1S/C13H11F3N2O2S/c1-17-10-4-2-3-5-12(10)21(19,20)18-11-7-8(14)6-9(15)13(11)16/h2-7,17-18H,1H3. The molecule has 8 heteroatoms. The van der Waals surface area contributed by atoms with Crippen LogP contribution in [0.2, 0.25) is 0 Å². The second kappa shape index (κ2) is 5.65. The van der Waals surface area contributed by atoms with E-state index in [4.69, 9.17) is 0 Å². The van der Waals surface area contributed by atoms with Gasteiger partial charge in [-0.15, -0.1) is 0 Å². The zero-order chi connectivity index (χ0) is 15.6. The van der Waals surface area contributed by atoms with Crippen molar-refractivity contribution in [3.63, 3.8) is 0 Å². The van der Waals surface area contributed by atoms with Gasteiger partial charge >= 0.3 is 0 Å². The van der Waals surface area contributed by atoms with Crippen molar-refractivity contribution in [3.05, 3.63) is 53.8 Å². The number of nitrogens with one attached hydrogen (secondary N) is 2. The molecule has 2 aromatic carbocycles. The van der Waals surface area contributed by atoms with Crippen LogP contribution in [0, 0.1) is 17.5 Å². The fourth-order valence-corrected chi connectivity index (χ4v) is 3.00. The van der Waals surface area contributed by atoms with E-state index in [0.717, 1.165) is 0 Å². The van der Waals surface area contributed by atoms with Gasteiger partial charge in [0.25, 0.3) is 10.0 Å². The van der Waals surface area contributed by atoms with Gasteiger partial charge in [0.05, 0.1) is 11.4 Å². The van der Waals surface area contributed by atoms with Crippen LogP contribution in [0.3, 0.4) is 0 Å². The van der Waals surface area contributed by atoms with Gasteiger partial charge in [0.15, 0.2) is 11.6 Å². The molecule has 0 fully saturated rings. The number of hydrogen-bond donors (Lipinski definition) is 2. The highest BCUT2D eigenvalue weighted by molar-refractivity contribution is 7.92. The van der Waals surface area contributed by atoms with E-state index in [1.807, 2.05) is 4.72 Å². The van der Waals surface area contributed by atoms with E-state index in [1.165, 1.54) is 25.2 Å². The molecule has 0 aromatic heterocycles. The minimum Gasteiger partial charge on any atom is -0.387 e. The van der Waals surface area contributed by atoms with Crippen LogP contribution in [0.1, 0.15) is 0 Å². The van der Waals surface area contributed by atoms with Crippen LogP contribution in [-0.2, 0) is 10.0 Å². The number of benzene rings is 2. The van der Waals surface area contributed by atoms with Crippen LogP contribution in [0.4, 0.5) is 24.5 Å². The number of anilines is 2. The Labute approximate surface area is 119 Å². The minimum atomic E-state index is -4.20. The molecule has 21 heavy (non-hydrogen) atoms. The minimum absolute atomic E-state index is 0.170. The Morgan fingerprint density at radius 3 is 2.33 bits per heavy atom. The highest BCUT2D eigenvalue weighted by Crippen LogP contribution is 2.26. The molecule has 2 N–H and O–H groups in total. The normalized spacial score (nSPS) is 11.2. The first-order valence-electron chi connectivity index (χ1n) is 5.79. The van der Waals surface area contributed by atoms with E-state index in [1.54, 1.807) is 6.07 Å².